The van der Waals surface area contributed by atoms with E-state index in [1.54, 1.807) is 7.11 Å². The fourth-order valence-electron chi connectivity index (χ4n) is 3.31. The van der Waals surface area contributed by atoms with Gasteiger partial charge in [0.15, 0.2) is 0 Å². The molecule has 0 spiro atoms. The second-order valence-corrected chi connectivity index (χ2v) is 6.65. The maximum atomic E-state index is 13.2. The van der Waals surface area contributed by atoms with Crippen molar-refractivity contribution < 1.29 is 9.53 Å². The standard InChI is InChI=1S/C25H21NO2/c1-28-23-14-12-19(13-15-23)16-22-17-24(21-10-6-3-7-11-21)26(25(22)27)18-20-8-4-2-5-9-20/h2-17H,18H2,1H3/b22-16+. The molecule has 0 N–H and O–H groups in total. The van der Waals surface area contributed by atoms with E-state index in [-0.39, 0.29) is 5.91 Å². The number of hydrogen-bond donors (Lipinski definition) is 0. The van der Waals surface area contributed by atoms with Gasteiger partial charge in [-0.05, 0) is 41.0 Å². The lowest BCUT2D eigenvalue weighted by atomic mass is 10.1. The molecule has 1 heterocycles. The lowest BCUT2D eigenvalue weighted by Gasteiger charge is -2.20. The smallest absolute Gasteiger partial charge is 0.258 e. The average Bonchev–Trinajstić information content (AvgIpc) is 3.05. The van der Waals surface area contributed by atoms with Gasteiger partial charge in [0.25, 0.3) is 5.91 Å². The number of rotatable bonds is 5. The topological polar surface area (TPSA) is 29.5 Å². The molecule has 4 rings (SSSR count). The summed E-state index contributed by atoms with van der Waals surface area (Å²) in [5.74, 6) is 0.810. The molecule has 3 heteroatoms. The number of methoxy groups -OCH3 is 1. The summed E-state index contributed by atoms with van der Waals surface area (Å²) in [5, 5.41) is 0. The Kier molecular flexibility index (Phi) is 5.07. The van der Waals surface area contributed by atoms with Crippen LogP contribution in [-0.2, 0) is 11.3 Å². The summed E-state index contributed by atoms with van der Waals surface area (Å²) < 4.78 is 5.21. The van der Waals surface area contributed by atoms with E-state index in [1.165, 1.54) is 0 Å². The van der Waals surface area contributed by atoms with Crippen LogP contribution in [0.25, 0.3) is 11.8 Å². The van der Waals surface area contributed by atoms with E-state index >= 15 is 0 Å². The van der Waals surface area contributed by atoms with Crippen LogP contribution in [0, 0.1) is 0 Å². The highest BCUT2D eigenvalue weighted by atomic mass is 16.5. The minimum Gasteiger partial charge on any atom is -0.497 e. The molecule has 28 heavy (non-hydrogen) atoms. The van der Waals surface area contributed by atoms with Crippen molar-refractivity contribution in [3.8, 4) is 5.75 Å². The summed E-state index contributed by atoms with van der Waals surface area (Å²) in [4.78, 5) is 15.0. The maximum absolute atomic E-state index is 13.2. The Bertz CT molecular complexity index is 1020. The van der Waals surface area contributed by atoms with Gasteiger partial charge in [-0.2, -0.15) is 0 Å². The number of hydrogen-bond acceptors (Lipinski definition) is 2. The Hall–Kier alpha value is -3.59. The Labute approximate surface area is 165 Å². The van der Waals surface area contributed by atoms with Crippen molar-refractivity contribution in [1.82, 2.24) is 4.90 Å². The first-order valence-corrected chi connectivity index (χ1v) is 9.23. The lowest BCUT2D eigenvalue weighted by Crippen LogP contribution is -2.25. The van der Waals surface area contributed by atoms with Gasteiger partial charge in [-0.25, -0.2) is 0 Å². The third-order valence-corrected chi connectivity index (χ3v) is 4.77. The largest absolute Gasteiger partial charge is 0.497 e. The predicted molar refractivity (Wildman–Crippen MR) is 112 cm³/mol. The zero-order chi connectivity index (χ0) is 19.3. The summed E-state index contributed by atoms with van der Waals surface area (Å²) in [5.41, 5.74) is 4.71. The number of amides is 1. The van der Waals surface area contributed by atoms with E-state index in [4.69, 9.17) is 4.74 Å². The average molecular weight is 367 g/mol. The van der Waals surface area contributed by atoms with Crippen LogP contribution >= 0.6 is 0 Å². The number of carbonyl (C=O) groups is 1. The van der Waals surface area contributed by atoms with Crippen LogP contribution in [0.5, 0.6) is 5.75 Å². The van der Waals surface area contributed by atoms with Gasteiger partial charge in [-0.1, -0.05) is 72.8 Å². The molecule has 138 valence electrons. The van der Waals surface area contributed by atoms with Gasteiger partial charge in [0.2, 0.25) is 0 Å². The van der Waals surface area contributed by atoms with E-state index < -0.39 is 0 Å². The molecular weight excluding hydrogens is 346 g/mol. The SMILES string of the molecule is COc1ccc(/C=C2\C=C(c3ccccc3)N(Cc3ccccc3)C2=O)cc1. The van der Waals surface area contributed by atoms with Crippen LogP contribution in [0.15, 0.2) is 96.6 Å². The number of nitrogens with zero attached hydrogens (tertiary/aromatic N) is 1. The first-order valence-electron chi connectivity index (χ1n) is 9.23. The summed E-state index contributed by atoms with van der Waals surface area (Å²) in [7, 11) is 1.64. The van der Waals surface area contributed by atoms with Crippen molar-refractivity contribution in [2.45, 2.75) is 6.54 Å². The van der Waals surface area contributed by atoms with Gasteiger partial charge in [-0.15, -0.1) is 0 Å². The Morgan fingerprint density at radius 3 is 2.14 bits per heavy atom. The molecule has 3 aromatic carbocycles. The molecule has 0 aromatic heterocycles. The van der Waals surface area contributed by atoms with Crippen LogP contribution in [0.4, 0.5) is 0 Å². The molecule has 0 unspecified atom stereocenters. The van der Waals surface area contributed by atoms with Crippen molar-refractivity contribution in [2.75, 3.05) is 7.11 Å². The monoisotopic (exact) mass is 367 g/mol. The molecule has 0 radical (unpaired) electrons. The fourth-order valence-corrected chi connectivity index (χ4v) is 3.31. The molecule has 1 aliphatic heterocycles. The Balaban J connectivity index is 1.70. The van der Waals surface area contributed by atoms with E-state index in [0.29, 0.717) is 12.1 Å². The second-order valence-electron chi connectivity index (χ2n) is 6.65. The lowest BCUT2D eigenvalue weighted by molar-refractivity contribution is -0.123. The zero-order valence-electron chi connectivity index (χ0n) is 15.7. The number of ether oxygens (including phenoxy) is 1. The zero-order valence-corrected chi connectivity index (χ0v) is 15.7. The molecule has 0 saturated heterocycles. The maximum Gasteiger partial charge on any atom is 0.258 e. The van der Waals surface area contributed by atoms with Crippen LogP contribution in [-0.4, -0.2) is 17.9 Å². The van der Waals surface area contributed by atoms with Crippen LogP contribution in [0.3, 0.4) is 0 Å². The summed E-state index contributed by atoms with van der Waals surface area (Å²) in [6.45, 7) is 0.542. The van der Waals surface area contributed by atoms with Crippen molar-refractivity contribution >= 4 is 17.7 Å². The summed E-state index contributed by atoms with van der Waals surface area (Å²) in [6.07, 6.45) is 3.90. The molecule has 3 nitrogen and oxygen atoms in total. The van der Waals surface area contributed by atoms with Gasteiger partial charge in [0.05, 0.1) is 19.4 Å². The minimum absolute atomic E-state index is 0.0125. The van der Waals surface area contributed by atoms with E-state index in [0.717, 1.165) is 28.1 Å². The summed E-state index contributed by atoms with van der Waals surface area (Å²) in [6, 6.07) is 27.8. The highest BCUT2D eigenvalue weighted by molar-refractivity contribution is 6.10. The van der Waals surface area contributed by atoms with Crippen molar-refractivity contribution in [3.63, 3.8) is 0 Å². The molecule has 0 aliphatic carbocycles. The van der Waals surface area contributed by atoms with Gasteiger partial charge < -0.3 is 9.64 Å². The Morgan fingerprint density at radius 1 is 0.857 bits per heavy atom. The predicted octanol–water partition coefficient (Wildman–Crippen LogP) is 5.16. The Morgan fingerprint density at radius 2 is 1.50 bits per heavy atom. The quantitative estimate of drug-likeness (QED) is 0.583. The van der Waals surface area contributed by atoms with Crippen molar-refractivity contribution in [1.29, 1.82) is 0 Å². The normalized spacial score (nSPS) is 15.0. The van der Waals surface area contributed by atoms with Gasteiger partial charge in [0.1, 0.15) is 5.75 Å². The first-order chi connectivity index (χ1) is 13.7. The molecule has 3 aromatic rings. The first kappa shape index (κ1) is 17.8. The molecule has 0 bridgehead atoms. The number of carbonyl (C=O) groups excluding carboxylic acids is 1. The van der Waals surface area contributed by atoms with E-state index in [2.05, 4.69) is 0 Å². The third kappa shape index (κ3) is 3.74. The fraction of sp³-hybridized carbons (Fsp3) is 0.0800. The minimum atomic E-state index is 0.0125. The summed E-state index contributed by atoms with van der Waals surface area (Å²) >= 11 is 0. The van der Waals surface area contributed by atoms with Crippen LogP contribution in [0.1, 0.15) is 16.7 Å². The van der Waals surface area contributed by atoms with E-state index in [1.807, 2.05) is 102 Å². The molecule has 1 amide bonds. The van der Waals surface area contributed by atoms with Crippen LogP contribution < -0.4 is 4.74 Å². The second kappa shape index (κ2) is 7.97. The molecule has 0 atom stereocenters. The highest BCUT2D eigenvalue weighted by Crippen LogP contribution is 2.32. The molecular formula is C25H21NO2. The van der Waals surface area contributed by atoms with Crippen molar-refractivity contribution in [2.24, 2.45) is 0 Å². The highest BCUT2D eigenvalue weighted by Gasteiger charge is 2.28. The van der Waals surface area contributed by atoms with E-state index in [9.17, 15) is 4.79 Å². The van der Waals surface area contributed by atoms with Crippen molar-refractivity contribution in [3.05, 3.63) is 113 Å². The van der Waals surface area contributed by atoms with Gasteiger partial charge in [-0.3, -0.25) is 4.79 Å². The van der Waals surface area contributed by atoms with Gasteiger partial charge in [0, 0.05) is 5.57 Å². The van der Waals surface area contributed by atoms with Crippen LogP contribution in [0.2, 0.25) is 0 Å². The third-order valence-electron chi connectivity index (χ3n) is 4.77. The van der Waals surface area contributed by atoms with Gasteiger partial charge >= 0.3 is 0 Å². The molecule has 0 fully saturated rings. The molecule has 1 aliphatic rings. The molecule has 0 saturated carbocycles. The number of benzene rings is 3.